The normalized spacial score (nSPS) is 25.1. The van der Waals surface area contributed by atoms with Crippen molar-refractivity contribution in [1.29, 1.82) is 0 Å². The van der Waals surface area contributed by atoms with E-state index in [2.05, 4.69) is 17.4 Å². The summed E-state index contributed by atoms with van der Waals surface area (Å²) >= 11 is 0. The van der Waals surface area contributed by atoms with Crippen molar-refractivity contribution >= 4 is 11.6 Å². The first-order valence-corrected chi connectivity index (χ1v) is 7.33. The van der Waals surface area contributed by atoms with E-state index in [-0.39, 0.29) is 5.91 Å². The number of ether oxygens (including phenoxy) is 1. The maximum Gasteiger partial charge on any atom is 0.270 e. The van der Waals surface area contributed by atoms with E-state index in [0.717, 1.165) is 24.4 Å². The van der Waals surface area contributed by atoms with Crippen LogP contribution in [0.25, 0.3) is 0 Å². The number of anilines is 1. The second-order valence-corrected chi connectivity index (χ2v) is 6.21. The zero-order valence-corrected chi connectivity index (χ0v) is 12.4. The number of hydrogen-bond acceptors (Lipinski definition) is 3. The van der Waals surface area contributed by atoms with Crippen LogP contribution < -0.4 is 15.0 Å². The van der Waals surface area contributed by atoms with Gasteiger partial charge in [-0.1, -0.05) is 12.5 Å². The molecular weight excluding hydrogens is 252 g/mol. The van der Waals surface area contributed by atoms with Crippen LogP contribution in [0.4, 0.5) is 5.69 Å². The summed E-state index contributed by atoms with van der Waals surface area (Å²) in [7, 11) is 1.82. The lowest BCUT2D eigenvalue weighted by Gasteiger charge is -2.37. The number of likely N-dealkylation sites (N-methyl/N-ethyl adjacent to an activating group) is 1. The average molecular weight is 274 g/mol. The van der Waals surface area contributed by atoms with Crippen LogP contribution in [-0.4, -0.2) is 25.1 Å². The highest BCUT2D eigenvalue weighted by Gasteiger charge is 2.39. The van der Waals surface area contributed by atoms with E-state index in [1.54, 1.807) is 4.90 Å². The Kier molecular flexibility index (Phi) is 3.21. The second-order valence-electron chi connectivity index (χ2n) is 6.21. The molecule has 0 radical (unpaired) electrons. The van der Waals surface area contributed by atoms with Crippen molar-refractivity contribution in [3.8, 4) is 5.75 Å². The minimum Gasteiger partial charge on any atom is -0.476 e. The van der Waals surface area contributed by atoms with Crippen LogP contribution in [0.5, 0.6) is 5.75 Å². The maximum atomic E-state index is 12.3. The highest BCUT2D eigenvalue weighted by atomic mass is 16.5. The number of nitrogens with one attached hydrogen (secondary N) is 1. The van der Waals surface area contributed by atoms with Crippen molar-refractivity contribution in [2.45, 2.75) is 44.8 Å². The van der Waals surface area contributed by atoms with E-state index in [4.69, 9.17) is 4.74 Å². The third kappa shape index (κ3) is 2.18. The first kappa shape index (κ1) is 13.4. The van der Waals surface area contributed by atoms with Gasteiger partial charge in [0.05, 0.1) is 5.69 Å². The largest absolute Gasteiger partial charge is 0.476 e. The molecule has 1 fully saturated rings. The molecule has 1 unspecified atom stereocenters. The number of nitrogens with zero attached hydrogens (tertiary/aromatic N) is 1. The third-order valence-corrected chi connectivity index (χ3v) is 4.24. The molecule has 0 saturated carbocycles. The van der Waals surface area contributed by atoms with Crippen LogP contribution in [0.3, 0.4) is 0 Å². The standard InChI is InChI=1S/C16H22N2O2/c1-16(2)15(19)18(3)13-10-11(7-8-14(13)20-16)12-6-4-5-9-17-12/h7-8,10,12,17H,4-6,9H2,1-3H3. The number of fused-ring (bicyclic) bond motifs is 1. The number of carbonyl (C=O) groups excluding carboxylic acids is 1. The fourth-order valence-corrected chi connectivity index (χ4v) is 3.07. The molecule has 2 aliphatic rings. The Morgan fingerprint density at radius 2 is 2.15 bits per heavy atom. The van der Waals surface area contributed by atoms with Gasteiger partial charge < -0.3 is 15.0 Å². The molecule has 1 N–H and O–H groups in total. The third-order valence-electron chi connectivity index (χ3n) is 4.24. The van der Waals surface area contributed by atoms with E-state index >= 15 is 0 Å². The highest BCUT2D eigenvalue weighted by Crippen LogP contribution is 2.39. The Labute approximate surface area is 120 Å². The fourth-order valence-electron chi connectivity index (χ4n) is 3.07. The molecule has 2 aliphatic heterocycles. The molecule has 0 aliphatic carbocycles. The number of rotatable bonds is 1. The molecule has 1 amide bonds. The van der Waals surface area contributed by atoms with Crippen molar-refractivity contribution < 1.29 is 9.53 Å². The van der Waals surface area contributed by atoms with E-state index in [1.165, 1.54) is 18.4 Å². The van der Waals surface area contributed by atoms with Gasteiger partial charge in [-0.15, -0.1) is 0 Å². The lowest BCUT2D eigenvalue weighted by Crippen LogP contribution is -2.50. The Morgan fingerprint density at radius 3 is 2.85 bits per heavy atom. The smallest absolute Gasteiger partial charge is 0.270 e. The van der Waals surface area contributed by atoms with E-state index in [0.29, 0.717) is 6.04 Å². The summed E-state index contributed by atoms with van der Waals surface area (Å²) in [5, 5.41) is 3.54. The molecule has 1 saturated heterocycles. The molecule has 0 aromatic heterocycles. The van der Waals surface area contributed by atoms with E-state index in [9.17, 15) is 4.79 Å². The van der Waals surface area contributed by atoms with Crippen LogP contribution in [0.1, 0.15) is 44.7 Å². The summed E-state index contributed by atoms with van der Waals surface area (Å²) in [6.45, 7) is 4.69. The Balaban J connectivity index is 1.95. The molecular formula is C16H22N2O2. The molecule has 1 atom stereocenters. The molecule has 3 rings (SSSR count). The molecule has 2 heterocycles. The minimum atomic E-state index is -0.785. The molecule has 0 spiro atoms. The van der Waals surface area contributed by atoms with Gasteiger partial charge in [0.15, 0.2) is 5.60 Å². The number of carbonyl (C=O) groups is 1. The van der Waals surface area contributed by atoms with Gasteiger partial charge in [0, 0.05) is 13.1 Å². The van der Waals surface area contributed by atoms with Crippen molar-refractivity contribution in [2.24, 2.45) is 0 Å². The van der Waals surface area contributed by atoms with E-state index < -0.39 is 5.60 Å². The Morgan fingerprint density at radius 1 is 1.35 bits per heavy atom. The van der Waals surface area contributed by atoms with Crippen LogP contribution >= 0.6 is 0 Å². The summed E-state index contributed by atoms with van der Waals surface area (Å²) in [5.41, 5.74) is 1.33. The molecule has 4 nitrogen and oxygen atoms in total. The molecule has 0 bridgehead atoms. The van der Waals surface area contributed by atoms with Gasteiger partial charge in [0.2, 0.25) is 0 Å². The zero-order valence-electron chi connectivity index (χ0n) is 12.4. The van der Waals surface area contributed by atoms with Crippen molar-refractivity contribution in [1.82, 2.24) is 5.32 Å². The van der Waals surface area contributed by atoms with Crippen LogP contribution in [0, 0.1) is 0 Å². The zero-order chi connectivity index (χ0) is 14.3. The minimum absolute atomic E-state index is 0.00115. The number of amides is 1. The van der Waals surface area contributed by atoms with Crippen molar-refractivity contribution in [3.05, 3.63) is 23.8 Å². The summed E-state index contributed by atoms with van der Waals surface area (Å²) in [6, 6.07) is 6.59. The van der Waals surface area contributed by atoms with E-state index in [1.807, 2.05) is 27.0 Å². The number of hydrogen-bond donors (Lipinski definition) is 1. The monoisotopic (exact) mass is 274 g/mol. The Hall–Kier alpha value is -1.55. The highest BCUT2D eigenvalue weighted by molar-refractivity contribution is 6.01. The first-order valence-electron chi connectivity index (χ1n) is 7.33. The van der Waals surface area contributed by atoms with Gasteiger partial charge in [-0.25, -0.2) is 0 Å². The molecule has 1 aromatic rings. The predicted octanol–water partition coefficient (Wildman–Crippen LogP) is 2.64. The Bertz CT molecular complexity index is 533. The summed E-state index contributed by atoms with van der Waals surface area (Å²) in [5.74, 6) is 0.787. The SMILES string of the molecule is CN1C(=O)C(C)(C)Oc2ccc(C3CCCCN3)cc21. The fraction of sp³-hybridized carbons (Fsp3) is 0.562. The van der Waals surface area contributed by atoms with Gasteiger partial charge in [-0.05, 0) is 50.9 Å². The topological polar surface area (TPSA) is 41.6 Å². The van der Waals surface area contributed by atoms with Crippen LogP contribution in [0.15, 0.2) is 18.2 Å². The average Bonchev–Trinajstić information content (AvgIpc) is 2.45. The van der Waals surface area contributed by atoms with Gasteiger partial charge >= 0.3 is 0 Å². The lowest BCUT2D eigenvalue weighted by atomic mass is 9.96. The van der Waals surface area contributed by atoms with Crippen LogP contribution in [0.2, 0.25) is 0 Å². The van der Waals surface area contributed by atoms with Gasteiger partial charge in [-0.3, -0.25) is 4.79 Å². The first-order chi connectivity index (χ1) is 9.49. The molecule has 4 heteroatoms. The second kappa shape index (κ2) is 4.77. The predicted molar refractivity (Wildman–Crippen MR) is 79.2 cm³/mol. The molecule has 1 aromatic carbocycles. The van der Waals surface area contributed by atoms with Crippen LogP contribution in [-0.2, 0) is 4.79 Å². The van der Waals surface area contributed by atoms with Crippen molar-refractivity contribution in [2.75, 3.05) is 18.5 Å². The lowest BCUT2D eigenvalue weighted by molar-refractivity contribution is -0.132. The van der Waals surface area contributed by atoms with Crippen molar-refractivity contribution in [3.63, 3.8) is 0 Å². The number of benzene rings is 1. The number of piperidine rings is 1. The molecule has 20 heavy (non-hydrogen) atoms. The summed E-state index contributed by atoms with van der Waals surface area (Å²) in [4.78, 5) is 14.0. The maximum absolute atomic E-state index is 12.3. The van der Waals surface area contributed by atoms with Gasteiger partial charge in [0.25, 0.3) is 5.91 Å². The van der Waals surface area contributed by atoms with Gasteiger partial charge in [-0.2, -0.15) is 0 Å². The quantitative estimate of drug-likeness (QED) is 0.856. The summed E-state index contributed by atoms with van der Waals surface area (Å²) < 4.78 is 5.83. The summed E-state index contributed by atoms with van der Waals surface area (Å²) in [6.07, 6.45) is 3.66. The molecule has 108 valence electrons. The van der Waals surface area contributed by atoms with Gasteiger partial charge in [0.1, 0.15) is 5.75 Å².